The second-order valence-corrected chi connectivity index (χ2v) is 8.78. The van der Waals surface area contributed by atoms with Crippen molar-refractivity contribution in [3.05, 3.63) is 59.7 Å². The number of carbonyl (C=O) groups excluding carboxylic acids is 1. The summed E-state index contributed by atoms with van der Waals surface area (Å²) < 4.78 is 25.1. The van der Waals surface area contributed by atoms with E-state index in [1.807, 2.05) is 18.2 Å². The molecular formula is C20H24N2O4S. The van der Waals surface area contributed by atoms with Crippen molar-refractivity contribution in [1.82, 2.24) is 4.90 Å². The molecule has 0 aliphatic carbocycles. The number of phenolic OH excluding ortho intramolecular Hbond substituents is 1. The average molecular weight is 388 g/mol. The van der Waals surface area contributed by atoms with Crippen LogP contribution in [0.25, 0.3) is 0 Å². The Labute approximate surface area is 159 Å². The third-order valence-electron chi connectivity index (χ3n) is 4.80. The third-order valence-corrected chi connectivity index (χ3v) is 5.41. The highest BCUT2D eigenvalue weighted by Gasteiger charge is 2.25. The Balaban J connectivity index is 1.64. The summed E-state index contributed by atoms with van der Waals surface area (Å²) in [4.78, 5) is 14.5. The van der Waals surface area contributed by atoms with E-state index < -0.39 is 10.0 Å². The number of phenols is 1. The number of aromatic hydroxyl groups is 1. The van der Waals surface area contributed by atoms with Crippen molar-refractivity contribution in [2.45, 2.75) is 19.3 Å². The minimum absolute atomic E-state index is 0.116. The van der Waals surface area contributed by atoms with Gasteiger partial charge in [0.25, 0.3) is 5.91 Å². The fourth-order valence-corrected chi connectivity index (χ4v) is 4.00. The predicted octanol–water partition coefficient (Wildman–Crippen LogP) is 2.86. The van der Waals surface area contributed by atoms with Crippen molar-refractivity contribution in [1.29, 1.82) is 0 Å². The number of carbonyl (C=O) groups is 1. The molecule has 3 rings (SSSR count). The van der Waals surface area contributed by atoms with E-state index in [0.717, 1.165) is 25.5 Å². The average Bonchev–Trinajstić information content (AvgIpc) is 2.63. The molecule has 0 aromatic heterocycles. The highest BCUT2D eigenvalue weighted by atomic mass is 32.2. The van der Waals surface area contributed by atoms with Crippen LogP contribution in [0.5, 0.6) is 5.75 Å². The molecule has 0 spiro atoms. The van der Waals surface area contributed by atoms with E-state index in [2.05, 4.69) is 16.9 Å². The number of hydrogen-bond acceptors (Lipinski definition) is 4. The lowest BCUT2D eigenvalue weighted by atomic mass is 9.90. The van der Waals surface area contributed by atoms with Crippen LogP contribution in [0.1, 0.15) is 28.8 Å². The fourth-order valence-electron chi connectivity index (χ4n) is 3.44. The van der Waals surface area contributed by atoms with Crippen molar-refractivity contribution in [3.63, 3.8) is 0 Å². The first-order chi connectivity index (χ1) is 12.8. The Hall–Kier alpha value is -2.54. The van der Waals surface area contributed by atoms with Gasteiger partial charge in [0, 0.05) is 18.8 Å². The maximum Gasteiger partial charge on any atom is 0.257 e. The van der Waals surface area contributed by atoms with Crippen LogP contribution in [0.2, 0.25) is 0 Å². The van der Waals surface area contributed by atoms with E-state index in [0.29, 0.717) is 19.0 Å². The molecule has 1 fully saturated rings. The van der Waals surface area contributed by atoms with Crippen LogP contribution in [0, 0.1) is 5.92 Å². The molecule has 6 nitrogen and oxygen atoms in total. The number of nitrogens with one attached hydrogen (secondary N) is 1. The summed E-state index contributed by atoms with van der Waals surface area (Å²) >= 11 is 0. The summed E-state index contributed by atoms with van der Waals surface area (Å²) in [6.45, 7) is 1.25. The van der Waals surface area contributed by atoms with Crippen LogP contribution in [0.15, 0.2) is 48.5 Å². The van der Waals surface area contributed by atoms with Crippen molar-refractivity contribution < 1.29 is 18.3 Å². The zero-order chi connectivity index (χ0) is 19.4. The first kappa shape index (κ1) is 19.2. The molecule has 1 heterocycles. The molecule has 1 aliphatic rings. The number of benzene rings is 2. The molecule has 7 heteroatoms. The minimum atomic E-state index is -3.45. The van der Waals surface area contributed by atoms with Gasteiger partial charge in [0.1, 0.15) is 5.75 Å². The number of likely N-dealkylation sites (tertiary alicyclic amines) is 1. The first-order valence-corrected chi connectivity index (χ1v) is 10.8. The molecule has 1 amide bonds. The zero-order valence-corrected chi connectivity index (χ0v) is 16.1. The molecule has 0 unspecified atom stereocenters. The van der Waals surface area contributed by atoms with Crippen LogP contribution < -0.4 is 4.72 Å². The van der Waals surface area contributed by atoms with Gasteiger partial charge in [-0.3, -0.25) is 9.52 Å². The van der Waals surface area contributed by atoms with E-state index >= 15 is 0 Å². The van der Waals surface area contributed by atoms with Gasteiger partial charge < -0.3 is 10.0 Å². The molecule has 2 aromatic carbocycles. The summed E-state index contributed by atoms with van der Waals surface area (Å²) in [6, 6.07) is 14.5. The highest BCUT2D eigenvalue weighted by molar-refractivity contribution is 7.92. The van der Waals surface area contributed by atoms with Crippen molar-refractivity contribution in [2.75, 3.05) is 24.1 Å². The van der Waals surface area contributed by atoms with E-state index in [4.69, 9.17) is 0 Å². The molecule has 1 aliphatic heterocycles. The lowest BCUT2D eigenvalue weighted by Crippen LogP contribution is -2.39. The number of hydrogen-bond donors (Lipinski definition) is 2. The lowest BCUT2D eigenvalue weighted by molar-refractivity contribution is 0.0687. The molecule has 0 radical (unpaired) electrons. The zero-order valence-electron chi connectivity index (χ0n) is 15.3. The van der Waals surface area contributed by atoms with E-state index in [9.17, 15) is 18.3 Å². The fraction of sp³-hybridized carbons (Fsp3) is 0.350. The summed E-state index contributed by atoms with van der Waals surface area (Å²) in [7, 11) is -3.45. The van der Waals surface area contributed by atoms with Crippen molar-refractivity contribution in [3.8, 4) is 5.75 Å². The monoisotopic (exact) mass is 388 g/mol. The Morgan fingerprint density at radius 3 is 2.44 bits per heavy atom. The van der Waals surface area contributed by atoms with Crippen LogP contribution in [-0.2, 0) is 16.4 Å². The third kappa shape index (κ3) is 5.23. The predicted molar refractivity (Wildman–Crippen MR) is 105 cm³/mol. The molecule has 1 saturated heterocycles. The van der Waals surface area contributed by atoms with Crippen LogP contribution in [-0.4, -0.2) is 43.7 Å². The first-order valence-electron chi connectivity index (χ1n) is 8.96. The van der Waals surface area contributed by atoms with E-state index in [1.165, 1.54) is 23.8 Å². The largest absolute Gasteiger partial charge is 0.507 e. The van der Waals surface area contributed by atoms with E-state index in [-0.39, 0.29) is 22.9 Å². The van der Waals surface area contributed by atoms with Gasteiger partial charge in [-0.2, -0.15) is 0 Å². The second kappa shape index (κ2) is 8.00. The number of piperidine rings is 1. The van der Waals surface area contributed by atoms with Gasteiger partial charge in [-0.15, -0.1) is 0 Å². The molecule has 27 heavy (non-hydrogen) atoms. The van der Waals surface area contributed by atoms with Gasteiger partial charge in [-0.1, -0.05) is 30.3 Å². The van der Waals surface area contributed by atoms with Crippen LogP contribution in [0.4, 0.5) is 5.69 Å². The Kier molecular flexibility index (Phi) is 5.70. The maximum atomic E-state index is 12.8. The highest BCUT2D eigenvalue weighted by Crippen LogP contribution is 2.27. The van der Waals surface area contributed by atoms with Crippen LogP contribution in [0.3, 0.4) is 0 Å². The van der Waals surface area contributed by atoms with Gasteiger partial charge in [0.15, 0.2) is 0 Å². The molecule has 0 saturated carbocycles. The number of rotatable bonds is 5. The van der Waals surface area contributed by atoms with Gasteiger partial charge >= 0.3 is 0 Å². The topological polar surface area (TPSA) is 86.7 Å². The standard InChI is InChI=1S/C20H24N2O4S/c1-27(25,26)21-17-7-8-19(23)18(14-17)20(24)22-11-9-16(10-12-22)13-15-5-3-2-4-6-15/h2-8,14,16,21,23H,9-13H2,1H3. The molecule has 144 valence electrons. The number of sulfonamides is 1. The quantitative estimate of drug-likeness (QED) is 0.771. The Morgan fingerprint density at radius 2 is 1.81 bits per heavy atom. The molecular weight excluding hydrogens is 364 g/mol. The number of amides is 1. The summed E-state index contributed by atoms with van der Waals surface area (Å²) in [5.41, 5.74) is 1.68. The normalized spacial score (nSPS) is 15.5. The number of nitrogens with zero attached hydrogens (tertiary/aromatic N) is 1. The summed E-state index contributed by atoms with van der Waals surface area (Å²) in [6.07, 6.45) is 3.85. The van der Waals surface area contributed by atoms with Gasteiger partial charge in [-0.05, 0) is 48.9 Å². The summed E-state index contributed by atoms with van der Waals surface area (Å²) in [5.74, 6) is 0.108. The van der Waals surface area contributed by atoms with Gasteiger partial charge in [0.05, 0.1) is 11.8 Å². The van der Waals surface area contributed by atoms with Gasteiger partial charge in [0.2, 0.25) is 10.0 Å². The lowest BCUT2D eigenvalue weighted by Gasteiger charge is -2.32. The molecule has 0 bridgehead atoms. The number of anilines is 1. The van der Waals surface area contributed by atoms with Gasteiger partial charge in [-0.25, -0.2) is 8.42 Å². The second-order valence-electron chi connectivity index (χ2n) is 7.03. The Morgan fingerprint density at radius 1 is 1.15 bits per heavy atom. The summed E-state index contributed by atoms with van der Waals surface area (Å²) in [5, 5.41) is 10.1. The van der Waals surface area contributed by atoms with Crippen LogP contribution >= 0.6 is 0 Å². The van der Waals surface area contributed by atoms with E-state index in [1.54, 1.807) is 4.90 Å². The maximum absolute atomic E-state index is 12.8. The Bertz CT molecular complexity index is 905. The molecule has 2 N–H and O–H groups in total. The molecule has 0 atom stereocenters. The smallest absolute Gasteiger partial charge is 0.257 e. The minimum Gasteiger partial charge on any atom is -0.507 e. The van der Waals surface area contributed by atoms with Crippen molar-refractivity contribution >= 4 is 21.6 Å². The van der Waals surface area contributed by atoms with Crippen molar-refractivity contribution in [2.24, 2.45) is 5.92 Å². The SMILES string of the molecule is CS(=O)(=O)Nc1ccc(O)c(C(=O)N2CCC(Cc3ccccc3)CC2)c1. The molecule has 2 aromatic rings.